The molecule has 1 aliphatic rings. The van der Waals surface area contributed by atoms with Crippen molar-refractivity contribution < 1.29 is 19.1 Å². The molecule has 0 bridgehead atoms. The molecule has 150 valence electrons. The third-order valence-electron chi connectivity index (χ3n) is 3.83. The number of carbonyl (C=O) groups excluding carboxylic acids is 2. The first-order valence-electron chi connectivity index (χ1n) is 8.50. The molecule has 0 saturated carbocycles. The van der Waals surface area contributed by atoms with Gasteiger partial charge in [-0.15, -0.1) is 0 Å². The zero-order chi connectivity index (χ0) is 21.0. The fourth-order valence-corrected chi connectivity index (χ4v) is 3.85. The van der Waals surface area contributed by atoms with Gasteiger partial charge in [0.25, 0.3) is 11.8 Å². The number of nitrogens with one attached hydrogen (secondary N) is 1. The number of hydrogen-bond acceptors (Lipinski definition) is 6. The van der Waals surface area contributed by atoms with E-state index in [-0.39, 0.29) is 12.5 Å². The number of benzene rings is 2. The Morgan fingerprint density at radius 3 is 2.72 bits per heavy atom. The van der Waals surface area contributed by atoms with Gasteiger partial charge in [-0.05, 0) is 76.1 Å². The van der Waals surface area contributed by atoms with Crippen LogP contribution in [0.25, 0.3) is 6.08 Å². The van der Waals surface area contributed by atoms with Gasteiger partial charge in [0.2, 0.25) is 0 Å². The summed E-state index contributed by atoms with van der Waals surface area (Å²) in [7, 11) is 1.58. The third-order valence-corrected chi connectivity index (χ3v) is 5.36. The molecule has 7 nitrogen and oxygen atoms in total. The van der Waals surface area contributed by atoms with Gasteiger partial charge < -0.3 is 20.5 Å². The van der Waals surface area contributed by atoms with Crippen molar-refractivity contribution in [3.63, 3.8) is 0 Å². The van der Waals surface area contributed by atoms with Gasteiger partial charge in [0, 0.05) is 0 Å². The van der Waals surface area contributed by atoms with Crippen LogP contribution in [-0.4, -0.2) is 30.7 Å². The van der Waals surface area contributed by atoms with E-state index in [4.69, 9.17) is 15.2 Å². The second-order valence-corrected chi connectivity index (χ2v) is 7.99. The molecule has 29 heavy (non-hydrogen) atoms. The molecule has 2 aromatic rings. The van der Waals surface area contributed by atoms with Crippen LogP contribution in [0.2, 0.25) is 0 Å². The minimum Gasteiger partial charge on any atom is -0.494 e. The first-order chi connectivity index (χ1) is 13.9. The molecular formula is C20H18BrN3O4S. The number of methoxy groups -OCH3 is 1. The van der Waals surface area contributed by atoms with Crippen LogP contribution < -0.4 is 20.5 Å². The molecule has 2 amide bonds. The molecule has 0 aliphatic carbocycles. The Balaban J connectivity index is 1.80. The number of aryl methyl sites for hydroxylation is 1. The quantitative estimate of drug-likeness (QED) is 0.622. The van der Waals surface area contributed by atoms with Crippen molar-refractivity contribution in [2.24, 2.45) is 10.7 Å². The summed E-state index contributed by atoms with van der Waals surface area (Å²) < 4.78 is 11.3. The fraction of sp³-hybridized carbons (Fsp3) is 0.150. The molecule has 0 unspecified atom stereocenters. The Labute approximate surface area is 180 Å². The van der Waals surface area contributed by atoms with Crippen molar-refractivity contribution in [1.82, 2.24) is 5.32 Å². The van der Waals surface area contributed by atoms with Gasteiger partial charge in [-0.25, -0.2) is 4.99 Å². The number of carbonyl (C=O) groups is 2. The average Bonchev–Trinajstić information content (AvgIpc) is 3.00. The van der Waals surface area contributed by atoms with E-state index in [0.717, 1.165) is 11.1 Å². The molecule has 1 saturated heterocycles. The molecule has 2 aromatic carbocycles. The summed E-state index contributed by atoms with van der Waals surface area (Å²) in [4.78, 5) is 28.2. The monoisotopic (exact) mass is 475 g/mol. The number of hydrogen-bond donors (Lipinski definition) is 2. The lowest BCUT2D eigenvalue weighted by Crippen LogP contribution is -2.20. The van der Waals surface area contributed by atoms with Crippen LogP contribution in [0.3, 0.4) is 0 Å². The minimum absolute atomic E-state index is 0.209. The molecule has 0 radical (unpaired) electrons. The number of rotatable bonds is 6. The number of primary amides is 1. The smallest absolute Gasteiger partial charge is 0.264 e. The molecule has 9 heteroatoms. The van der Waals surface area contributed by atoms with E-state index in [1.807, 2.05) is 25.1 Å². The van der Waals surface area contributed by atoms with Gasteiger partial charge in [0.05, 0.1) is 16.5 Å². The zero-order valence-corrected chi connectivity index (χ0v) is 18.1. The van der Waals surface area contributed by atoms with Crippen LogP contribution in [0.1, 0.15) is 11.1 Å². The van der Waals surface area contributed by atoms with Crippen LogP contribution in [0.4, 0.5) is 5.69 Å². The zero-order valence-electron chi connectivity index (χ0n) is 15.7. The SMILES string of the molecule is COc1ccc(C)cc1N=C1NC(=O)/C(=C/c2ccc(OCC(N)=O)c(Br)c2)S1. The number of amides is 2. The van der Waals surface area contributed by atoms with E-state index < -0.39 is 5.91 Å². The molecule has 0 atom stereocenters. The molecule has 1 aliphatic heterocycles. The van der Waals surface area contributed by atoms with Crippen molar-refractivity contribution in [2.75, 3.05) is 13.7 Å². The van der Waals surface area contributed by atoms with E-state index >= 15 is 0 Å². The first kappa shape index (κ1) is 20.9. The summed E-state index contributed by atoms with van der Waals surface area (Å²) in [6, 6.07) is 10.9. The Hall–Kier alpha value is -2.78. The molecule has 1 fully saturated rings. The van der Waals surface area contributed by atoms with Crippen molar-refractivity contribution in [3.05, 3.63) is 56.9 Å². The average molecular weight is 476 g/mol. The maximum atomic E-state index is 12.3. The second kappa shape index (κ2) is 9.15. The van der Waals surface area contributed by atoms with E-state index in [1.54, 1.807) is 31.4 Å². The normalized spacial score (nSPS) is 16.2. The number of aliphatic imine (C=N–C) groups is 1. The Morgan fingerprint density at radius 2 is 2.03 bits per heavy atom. The highest BCUT2D eigenvalue weighted by molar-refractivity contribution is 9.10. The largest absolute Gasteiger partial charge is 0.494 e. The highest BCUT2D eigenvalue weighted by atomic mass is 79.9. The number of nitrogens with two attached hydrogens (primary N) is 1. The fourth-order valence-electron chi connectivity index (χ4n) is 2.50. The molecular weight excluding hydrogens is 458 g/mol. The van der Waals surface area contributed by atoms with E-state index in [0.29, 0.717) is 31.7 Å². The van der Waals surface area contributed by atoms with E-state index in [1.165, 1.54) is 11.8 Å². The lowest BCUT2D eigenvalue weighted by Gasteiger charge is -2.07. The summed E-state index contributed by atoms with van der Waals surface area (Å²) in [6.07, 6.45) is 1.75. The van der Waals surface area contributed by atoms with Crippen LogP contribution >= 0.6 is 27.7 Å². The number of amidine groups is 1. The summed E-state index contributed by atoms with van der Waals surface area (Å²) >= 11 is 4.63. The lowest BCUT2D eigenvalue weighted by atomic mass is 10.2. The maximum absolute atomic E-state index is 12.3. The molecule has 3 N–H and O–H groups in total. The predicted octanol–water partition coefficient (Wildman–Crippen LogP) is 3.52. The Kier molecular flexibility index (Phi) is 6.60. The summed E-state index contributed by atoms with van der Waals surface area (Å²) in [5.41, 5.74) is 7.56. The second-order valence-electron chi connectivity index (χ2n) is 6.10. The van der Waals surface area contributed by atoms with E-state index in [2.05, 4.69) is 26.2 Å². The van der Waals surface area contributed by atoms with Gasteiger partial charge >= 0.3 is 0 Å². The number of halogens is 1. The minimum atomic E-state index is -0.556. The van der Waals surface area contributed by atoms with Crippen LogP contribution in [0.5, 0.6) is 11.5 Å². The number of ether oxygens (including phenoxy) is 2. The van der Waals surface area contributed by atoms with Crippen LogP contribution in [0, 0.1) is 6.92 Å². The standard InChI is InChI=1S/C20H18BrN3O4S/c1-11-3-5-16(27-2)14(7-11)23-20-24-19(26)17(29-20)9-12-4-6-15(13(21)8-12)28-10-18(22)25/h3-9H,10H2,1-2H3,(H2,22,25)(H,23,24,26)/b17-9-. The summed E-state index contributed by atoms with van der Waals surface area (Å²) in [5.74, 6) is 0.332. The first-order valence-corrected chi connectivity index (χ1v) is 10.1. The van der Waals surface area contributed by atoms with Crippen LogP contribution in [-0.2, 0) is 9.59 Å². The highest BCUT2D eigenvalue weighted by Crippen LogP contribution is 2.33. The van der Waals surface area contributed by atoms with Crippen molar-refractivity contribution in [2.45, 2.75) is 6.92 Å². The van der Waals surface area contributed by atoms with Crippen molar-refractivity contribution in [3.8, 4) is 11.5 Å². The molecule has 3 rings (SSSR count). The highest BCUT2D eigenvalue weighted by Gasteiger charge is 2.24. The maximum Gasteiger partial charge on any atom is 0.264 e. The number of thioether (sulfide) groups is 1. The van der Waals surface area contributed by atoms with Crippen molar-refractivity contribution >= 4 is 56.4 Å². The van der Waals surface area contributed by atoms with Crippen LogP contribution in [0.15, 0.2) is 50.8 Å². The van der Waals surface area contributed by atoms with Gasteiger partial charge in [-0.2, -0.15) is 0 Å². The van der Waals surface area contributed by atoms with Gasteiger partial charge in [-0.3, -0.25) is 9.59 Å². The van der Waals surface area contributed by atoms with Crippen molar-refractivity contribution in [1.29, 1.82) is 0 Å². The molecule has 0 spiro atoms. The summed E-state index contributed by atoms with van der Waals surface area (Å²) in [5, 5.41) is 3.24. The third kappa shape index (κ3) is 5.39. The van der Waals surface area contributed by atoms with Gasteiger partial charge in [0.15, 0.2) is 11.8 Å². The van der Waals surface area contributed by atoms with Gasteiger partial charge in [0.1, 0.15) is 17.2 Å². The summed E-state index contributed by atoms with van der Waals surface area (Å²) in [6.45, 7) is 1.75. The predicted molar refractivity (Wildman–Crippen MR) is 117 cm³/mol. The molecule has 1 heterocycles. The molecule has 0 aromatic heterocycles. The van der Waals surface area contributed by atoms with E-state index in [9.17, 15) is 9.59 Å². The Morgan fingerprint density at radius 1 is 1.28 bits per heavy atom. The Bertz CT molecular complexity index is 1040. The topological polar surface area (TPSA) is 103 Å². The lowest BCUT2D eigenvalue weighted by molar-refractivity contribution is -0.120. The number of nitrogens with zero attached hydrogens (tertiary/aromatic N) is 1. The van der Waals surface area contributed by atoms with Gasteiger partial charge in [-0.1, -0.05) is 12.1 Å².